The Morgan fingerprint density at radius 2 is 1.54 bits per heavy atom. The van der Waals surface area contributed by atoms with Gasteiger partial charge in [0.15, 0.2) is 0 Å². The Balaban J connectivity index is 2.82. The van der Waals surface area contributed by atoms with Crippen molar-refractivity contribution in [3.05, 3.63) is 35.9 Å². The second-order valence-corrected chi connectivity index (χ2v) is 9.42. The number of carbonyl (C=O) groups excluding carboxylic acids is 3. The van der Waals surface area contributed by atoms with Crippen LogP contribution in [0.25, 0.3) is 0 Å². The number of nitrogens with two attached hydrogens (primary N) is 2. The Bertz CT molecular complexity index is 815. The van der Waals surface area contributed by atoms with Gasteiger partial charge in [-0.25, -0.2) is 4.79 Å². The first-order valence-electron chi connectivity index (χ1n) is 11.5. The summed E-state index contributed by atoms with van der Waals surface area (Å²) in [4.78, 5) is 49.8. The molecule has 1 aromatic carbocycles. The van der Waals surface area contributed by atoms with E-state index in [1.807, 2.05) is 36.6 Å². The predicted octanol–water partition coefficient (Wildman–Crippen LogP) is -0.0927. The monoisotopic (exact) mass is 527 g/mol. The molecule has 0 fully saturated rings. The third-order valence-corrected chi connectivity index (χ3v) is 6.27. The molecule has 0 aliphatic heterocycles. The second-order valence-electron chi connectivity index (χ2n) is 8.07. The highest BCUT2D eigenvalue weighted by molar-refractivity contribution is 7.98. The number of carbonyl (C=O) groups is 4. The van der Waals surface area contributed by atoms with Gasteiger partial charge in [-0.05, 0) is 56.2 Å². The number of thiol groups is 1. The van der Waals surface area contributed by atoms with Crippen molar-refractivity contribution in [2.24, 2.45) is 11.5 Å². The number of aliphatic carboxylic acids is 1. The van der Waals surface area contributed by atoms with E-state index in [4.69, 9.17) is 11.5 Å². The van der Waals surface area contributed by atoms with Crippen LogP contribution in [0.3, 0.4) is 0 Å². The lowest BCUT2D eigenvalue weighted by molar-refractivity contribution is -0.142. The molecule has 0 aliphatic carbocycles. The summed E-state index contributed by atoms with van der Waals surface area (Å²) in [6.45, 7) is 0.435. The fourth-order valence-electron chi connectivity index (χ4n) is 3.23. The van der Waals surface area contributed by atoms with Crippen molar-refractivity contribution >= 4 is 48.1 Å². The smallest absolute Gasteiger partial charge is 0.326 e. The van der Waals surface area contributed by atoms with Crippen LogP contribution in [0, 0.1) is 0 Å². The molecular formula is C23H37N5O5S2. The highest BCUT2D eigenvalue weighted by Crippen LogP contribution is 2.06. The van der Waals surface area contributed by atoms with Crippen molar-refractivity contribution in [3.63, 3.8) is 0 Å². The van der Waals surface area contributed by atoms with Crippen molar-refractivity contribution in [2.75, 3.05) is 24.3 Å². The molecule has 0 saturated carbocycles. The zero-order chi connectivity index (χ0) is 26.2. The van der Waals surface area contributed by atoms with E-state index in [-0.39, 0.29) is 12.2 Å². The first-order valence-corrected chi connectivity index (χ1v) is 13.5. The van der Waals surface area contributed by atoms with E-state index >= 15 is 0 Å². The normalized spacial score (nSPS) is 14.3. The molecule has 10 nitrogen and oxygen atoms in total. The fraction of sp³-hybridized carbons (Fsp3) is 0.565. The standard InChI is InChI=1S/C23H37N5O5S2/c1-35-12-10-18(23(32)33)27-22(31)19(14-34)28-21(30)17(9-5-6-11-24)26-20(29)16(25)13-15-7-3-2-4-8-15/h2-4,7-8,16-19,34H,5-6,9-14,24-25H2,1H3,(H,26,29)(H,27,31)(H,28,30)(H,32,33). The number of hydrogen-bond acceptors (Lipinski definition) is 8. The maximum atomic E-state index is 13.0. The summed E-state index contributed by atoms with van der Waals surface area (Å²) in [7, 11) is 0. The molecule has 0 saturated heterocycles. The number of hydrogen-bond donors (Lipinski definition) is 7. The molecule has 4 atom stereocenters. The summed E-state index contributed by atoms with van der Waals surface area (Å²) in [5.74, 6) is -2.38. The van der Waals surface area contributed by atoms with Gasteiger partial charge in [0.1, 0.15) is 18.1 Å². The number of unbranched alkanes of at least 4 members (excludes halogenated alkanes) is 1. The van der Waals surface area contributed by atoms with Gasteiger partial charge in [0.2, 0.25) is 17.7 Å². The van der Waals surface area contributed by atoms with Crippen LogP contribution in [-0.4, -0.2) is 77.3 Å². The zero-order valence-corrected chi connectivity index (χ0v) is 21.7. The molecule has 196 valence electrons. The quantitative estimate of drug-likeness (QED) is 0.109. The number of amides is 3. The highest BCUT2D eigenvalue weighted by Gasteiger charge is 2.29. The van der Waals surface area contributed by atoms with Crippen LogP contribution < -0.4 is 27.4 Å². The van der Waals surface area contributed by atoms with Crippen LogP contribution in [-0.2, 0) is 25.6 Å². The SMILES string of the molecule is CSCCC(NC(=O)C(CS)NC(=O)C(CCCCN)NC(=O)C(N)Cc1ccccc1)C(=O)O. The van der Waals surface area contributed by atoms with Crippen LogP contribution in [0.5, 0.6) is 0 Å². The van der Waals surface area contributed by atoms with Crippen LogP contribution in [0.1, 0.15) is 31.2 Å². The van der Waals surface area contributed by atoms with E-state index in [2.05, 4.69) is 28.6 Å². The topological polar surface area (TPSA) is 177 Å². The summed E-state index contributed by atoms with van der Waals surface area (Å²) >= 11 is 5.60. The minimum Gasteiger partial charge on any atom is -0.480 e. The summed E-state index contributed by atoms with van der Waals surface area (Å²) in [5, 5.41) is 17.1. The van der Waals surface area contributed by atoms with Gasteiger partial charge in [-0.2, -0.15) is 24.4 Å². The predicted molar refractivity (Wildman–Crippen MR) is 141 cm³/mol. The molecule has 0 heterocycles. The first-order chi connectivity index (χ1) is 16.7. The lowest BCUT2D eigenvalue weighted by Crippen LogP contribution is -2.57. The Morgan fingerprint density at radius 1 is 0.943 bits per heavy atom. The van der Waals surface area contributed by atoms with Gasteiger partial charge in [0.05, 0.1) is 6.04 Å². The van der Waals surface area contributed by atoms with Gasteiger partial charge < -0.3 is 32.5 Å². The molecule has 0 radical (unpaired) electrons. The Hall–Kier alpha value is -2.28. The van der Waals surface area contributed by atoms with E-state index in [0.29, 0.717) is 38.0 Å². The maximum Gasteiger partial charge on any atom is 0.326 e. The minimum atomic E-state index is -1.16. The van der Waals surface area contributed by atoms with E-state index < -0.39 is 47.9 Å². The molecule has 3 amide bonds. The number of rotatable bonds is 17. The third-order valence-electron chi connectivity index (χ3n) is 5.26. The van der Waals surface area contributed by atoms with Gasteiger partial charge in [-0.3, -0.25) is 14.4 Å². The lowest BCUT2D eigenvalue weighted by atomic mass is 10.0. The molecule has 1 rings (SSSR count). The van der Waals surface area contributed by atoms with Crippen molar-refractivity contribution in [1.82, 2.24) is 16.0 Å². The van der Waals surface area contributed by atoms with E-state index in [0.717, 1.165) is 5.56 Å². The van der Waals surface area contributed by atoms with E-state index in [1.165, 1.54) is 11.8 Å². The molecule has 0 aromatic heterocycles. The molecule has 1 aromatic rings. The van der Waals surface area contributed by atoms with Crippen molar-refractivity contribution in [3.8, 4) is 0 Å². The van der Waals surface area contributed by atoms with E-state index in [1.54, 1.807) is 0 Å². The van der Waals surface area contributed by atoms with Crippen LogP contribution >= 0.6 is 24.4 Å². The maximum absolute atomic E-state index is 13.0. The van der Waals surface area contributed by atoms with Crippen LogP contribution in [0.2, 0.25) is 0 Å². The average Bonchev–Trinajstić information content (AvgIpc) is 2.84. The highest BCUT2D eigenvalue weighted by atomic mass is 32.2. The molecular weight excluding hydrogens is 490 g/mol. The van der Waals surface area contributed by atoms with E-state index in [9.17, 15) is 24.3 Å². The summed E-state index contributed by atoms with van der Waals surface area (Å²) in [5.41, 5.74) is 12.5. The number of nitrogens with one attached hydrogen (secondary N) is 3. The zero-order valence-electron chi connectivity index (χ0n) is 19.9. The molecule has 12 heteroatoms. The van der Waals surface area contributed by atoms with Crippen molar-refractivity contribution in [1.29, 1.82) is 0 Å². The Morgan fingerprint density at radius 3 is 2.11 bits per heavy atom. The minimum absolute atomic E-state index is 0.0522. The van der Waals surface area contributed by atoms with Gasteiger partial charge in [-0.1, -0.05) is 30.3 Å². The first kappa shape index (κ1) is 30.8. The summed E-state index contributed by atoms with van der Waals surface area (Å²) in [6.07, 6.45) is 3.92. The summed E-state index contributed by atoms with van der Waals surface area (Å²) in [6, 6.07) is 5.33. The largest absolute Gasteiger partial charge is 0.480 e. The Labute approximate surface area is 216 Å². The average molecular weight is 528 g/mol. The van der Waals surface area contributed by atoms with Crippen molar-refractivity contribution < 1.29 is 24.3 Å². The Kier molecular flexibility index (Phi) is 15.1. The molecule has 0 bridgehead atoms. The summed E-state index contributed by atoms with van der Waals surface area (Å²) < 4.78 is 0. The number of carboxylic acid groups (broad SMARTS) is 1. The van der Waals surface area contributed by atoms with Gasteiger partial charge in [-0.15, -0.1) is 0 Å². The van der Waals surface area contributed by atoms with Crippen molar-refractivity contribution in [2.45, 2.75) is 56.3 Å². The molecule has 0 spiro atoms. The molecule has 4 unspecified atom stereocenters. The van der Waals surface area contributed by atoms with Gasteiger partial charge >= 0.3 is 5.97 Å². The molecule has 35 heavy (non-hydrogen) atoms. The molecule has 0 aliphatic rings. The van der Waals surface area contributed by atoms with Gasteiger partial charge in [0.25, 0.3) is 0 Å². The molecule has 8 N–H and O–H groups in total. The number of thioether (sulfide) groups is 1. The fourth-order valence-corrected chi connectivity index (χ4v) is 3.96. The lowest BCUT2D eigenvalue weighted by Gasteiger charge is -2.24. The number of carboxylic acids is 1. The van der Waals surface area contributed by atoms with Crippen LogP contribution in [0.4, 0.5) is 0 Å². The van der Waals surface area contributed by atoms with Crippen LogP contribution in [0.15, 0.2) is 30.3 Å². The van der Waals surface area contributed by atoms with Gasteiger partial charge in [0, 0.05) is 5.75 Å². The number of benzene rings is 1. The second kappa shape index (κ2) is 17.2. The third kappa shape index (κ3) is 11.8.